The fraction of sp³-hybridized carbons (Fsp3) is 0.556. The molecule has 0 saturated carbocycles. The van der Waals surface area contributed by atoms with Crippen LogP contribution in [0.4, 0.5) is 0 Å². The molecule has 1 aromatic carbocycles. The molecule has 1 atom stereocenters. The maximum Gasteiger partial charge on any atom is 0.222 e. The van der Waals surface area contributed by atoms with Gasteiger partial charge in [-0.3, -0.25) is 9.59 Å². The van der Waals surface area contributed by atoms with E-state index in [-0.39, 0.29) is 42.1 Å². The third kappa shape index (κ3) is 7.22. The van der Waals surface area contributed by atoms with Crippen molar-refractivity contribution in [3.8, 4) is 0 Å². The van der Waals surface area contributed by atoms with Crippen molar-refractivity contribution in [3.05, 3.63) is 34.9 Å². The lowest BCUT2D eigenvalue weighted by molar-refractivity contribution is -0.123. The van der Waals surface area contributed by atoms with E-state index in [0.717, 1.165) is 31.5 Å². The molecular weight excluding hydrogens is 361 g/mol. The van der Waals surface area contributed by atoms with Gasteiger partial charge in [0.05, 0.1) is 12.5 Å². The summed E-state index contributed by atoms with van der Waals surface area (Å²) in [5, 5.41) is 9.84. The van der Waals surface area contributed by atoms with E-state index in [1.165, 1.54) is 6.92 Å². The molecule has 0 radical (unpaired) electrons. The van der Waals surface area contributed by atoms with Crippen molar-refractivity contribution >= 4 is 35.8 Å². The second kappa shape index (κ2) is 10.00. The van der Waals surface area contributed by atoms with Crippen LogP contribution in [0.15, 0.2) is 24.3 Å². The summed E-state index contributed by atoms with van der Waals surface area (Å²) in [5.74, 6) is -0.212. The number of hydrogen-bond acceptors (Lipinski definition) is 3. The van der Waals surface area contributed by atoms with Gasteiger partial charge in [-0.05, 0) is 49.0 Å². The highest BCUT2D eigenvalue weighted by molar-refractivity contribution is 6.30. The first-order valence-corrected chi connectivity index (χ1v) is 8.76. The molecule has 2 amide bonds. The van der Waals surface area contributed by atoms with Crippen molar-refractivity contribution in [2.24, 2.45) is 5.41 Å². The molecule has 1 aliphatic rings. The zero-order valence-corrected chi connectivity index (χ0v) is 16.3. The number of nitrogens with one attached hydrogen (secondary N) is 3. The lowest BCUT2D eigenvalue weighted by Crippen LogP contribution is -2.43. The Balaban J connectivity index is 0.00000312. The molecule has 0 aromatic heterocycles. The Bertz CT molecular complexity index is 572. The molecule has 1 saturated heterocycles. The number of hydrogen-bond donors (Lipinski definition) is 3. The van der Waals surface area contributed by atoms with E-state index >= 15 is 0 Å². The Morgan fingerprint density at radius 2 is 1.84 bits per heavy atom. The van der Waals surface area contributed by atoms with Crippen molar-refractivity contribution in [2.45, 2.75) is 39.2 Å². The molecule has 140 valence electrons. The van der Waals surface area contributed by atoms with Crippen LogP contribution in [0.25, 0.3) is 0 Å². The van der Waals surface area contributed by atoms with E-state index in [1.807, 2.05) is 12.1 Å². The van der Waals surface area contributed by atoms with Crippen molar-refractivity contribution in [3.63, 3.8) is 0 Å². The van der Waals surface area contributed by atoms with E-state index in [0.29, 0.717) is 11.6 Å². The minimum Gasteiger partial charge on any atom is -0.355 e. The summed E-state index contributed by atoms with van der Waals surface area (Å²) in [5.41, 5.74) is 1.02. The average molecular weight is 388 g/mol. The van der Waals surface area contributed by atoms with Crippen LogP contribution in [0, 0.1) is 5.41 Å². The second-order valence-corrected chi connectivity index (χ2v) is 7.28. The monoisotopic (exact) mass is 387 g/mol. The average Bonchev–Trinajstić information content (AvgIpc) is 2.53. The van der Waals surface area contributed by atoms with Crippen LogP contribution < -0.4 is 16.0 Å². The Kier molecular flexibility index (Phi) is 8.69. The Morgan fingerprint density at radius 1 is 1.24 bits per heavy atom. The summed E-state index contributed by atoms with van der Waals surface area (Å²) in [4.78, 5) is 23.8. The fourth-order valence-corrected chi connectivity index (χ4v) is 3.10. The first-order valence-electron chi connectivity index (χ1n) is 8.38. The van der Waals surface area contributed by atoms with Gasteiger partial charge in [0.15, 0.2) is 0 Å². The Hall–Kier alpha value is -1.30. The van der Waals surface area contributed by atoms with Gasteiger partial charge in [-0.1, -0.05) is 30.7 Å². The third-order valence-electron chi connectivity index (χ3n) is 4.56. The highest BCUT2D eigenvalue weighted by Gasteiger charge is 2.27. The number of carbonyl (C=O) groups excluding carboxylic acids is 2. The zero-order chi connectivity index (χ0) is 17.6. The van der Waals surface area contributed by atoms with Gasteiger partial charge in [0.1, 0.15) is 0 Å². The van der Waals surface area contributed by atoms with Gasteiger partial charge in [-0.25, -0.2) is 0 Å². The first-order chi connectivity index (χ1) is 11.4. The smallest absolute Gasteiger partial charge is 0.222 e. The van der Waals surface area contributed by atoms with Crippen LogP contribution in [-0.4, -0.2) is 31.4 Å². The number of rotatable bonds is 6. The Labute approximate surface area is 160 Å². The van der Waals surface area contributed by atoms with Crippen molar-refractivity contribution in [1.29, 1.82) is 0 Å². The predicted octanol–water partition coefficient (Wildman–Crippen LogP) is 2.84. The third-order valence-corrected chi connectivity index (χ3v) is 4.81. The van der Waals surface area contributed by atoms with Crippen LogP contribution >= 0.6 is 24.0 Å². The highest BCUT2D eigenvalue weighted by atomic mass is 35.5. The Morgan fingerprint density at radius 3 is 2.40 bits per heavy atom. The quantitative estimate of drug-likeness (QED) is 0.702. The largest absolute Gasteiger partial charge is 0.355 e. The van der Waals surface area contributed by atoms with Crippen molar-refractivity contribution < 1.29 is 9.59 Å². The summed E-state index contributed by atoms with van der Waals surface area (Å²) in [6.07, 6.45) is 2.33. The summed E-state index contributed by atoms with van der Waals surface area (Å²) >= 11 is 5.91. The molecule has 0 spiro atoms. The molecule has 3 N–H and O–H groups in total. The summed E-state index contributed by atoms with van der Waals surface area (Å²) < 4.78 is 0. The second-order valence-electron chi connectivity index (χ2n) is 6.85. The van der Waals surface area contributed by atoms with Crippen molar-refractivity contribution in [1.82, 2.24) is 16.0 Å². The van der Waals surface area contributed by atoms with E-state index in [9.17, 15) is 9.59 Å². The minimum atomic E-state index is -0.347. The van der Waals surface area contributed by atoms with Crippen LogP contribution in [0.2, 0.25) is 5.02 Å². The number of halogens is 2. The summed E-state index contributed by atoms with van der Waals surface area (Å²) in [6.45, 7) is 6.31. The lowest BCUT2D eigenvalue weighted by Gasteiger charge is -2.34. The maximum absolute atomic E-state index is 12.4. The lowest BCUT2D eigenvalue weighted by atomic mass is 9.81. The molecule has 2 rings (SSSR count). The van der Waals surface area contributed by atoms with E-state index in [2.05, 4.69) is 22.9 Å². The molecule has 25 heavy (non-hydrogen) atoms. The molecule has 1 unspecified atom stereocenters. The molecule has 7 heteroatoms. The van der Waals surface area contributed by atoms with Crippen LogP contribution in [0.1, 0.15) is 44.7 Å². The van der Waals surface area contributed by atoms with Gasteiger partial charge >= 0.3 is 0 Å². The van der Waals surface area contributed by atoms with Gasteiger partial charge in [0, 0.05) is 18.5 Å². The van der Waals surface area contributed by atoms with Gasteiger partial charge in [0.2, 0.25) is 11.8 Å². The van der Waals surface area contributed by atoms with Gasteiger partial charge in [0.25, 0.3) is 0 Å². The highest BCUT2D eigenvalue weighted by Crippen LogP contribution is 2.27. The van der Waals surface area contributed by atoms with Gasteiger partial charge in [-0.2, -0.15) is 0 Å². The molecule has 1 heterocycles. The van der Waals surface area contributed by atoms with Crippen LogP contribution in [0.5, 0.6) is 0 Å². The number of carbonyl (C=O) groups is 2. The SMILES string of the molecule is CC(=O)NC(CC(=O)NCC1(C)CCNCC1)c1ccc(Cl)cc1.Cl. The van der Waals surface area contributed by atoms with Crippen LogP contribution in [0.3, 0.4) is 0 Å². The first kappa shape index (κ1) is 21.7. The molecule has 1 aromatic rings. The molecule has 0 aliphatic carbocycles. The number of benzene rings is 1. The molecule has 1 fully saturated rings. The van der Waals surface area contributed by atoms with E-state index in [4.69, 9.17) is 11.6 Å². The van der Waals surface area contributed by atoms with E-state index in [1.54, 1.807) is 12.1 Å². The van der Waals surface area contributed by atoms with Crippen molar-refractivity contribution in [2.75, 3.05) is 19.6 Å². The van der Waals surface area contributed by atoms with Gasteiger partial charge < -0.3 is 16.0 Å². The van der Waals surface area contributed by atoms with E-state index < -0.39 is 0 Å². The standard InChI is InChI=1S/C18H26ClN3O2.ClH/c1-13(23)22-16(14-3-5-15(19)6-4-14)11-17(24)21-12-18(2)7-9-20-10-8-18;/h3-6,16,20H,7-12H2,1-2H3,(H,21,24)(H,22,23);1H. The summed E-state index contributed by atoms with van der Waals surface area (Å²) in [7, 11) is 0. The molecule has 1 aliphatic heterocycles. The topological polar surface area (TPSA) is 70.2 Å². The minimum absolute atomic E-state index is 0. The maximum atomic E-state index is 12.4. The molecule has 5 nitrogen and oxygen atoms in total. The number of amides is 2. The zero-order valence-electron chi connectivity index (χ0n) is 14.7. The summed E-state index contributed by atoms with van der Waals surface area (Å²) in [6, 6.07) is 6.86. The fourth-order valence-electron chi connectivity index (χ4n) is 2.97. The van der Waals surface area contributed by atoms with Crippen LogP contribution in [-0.2, 0) is 9.59 Å². The normalized spacial score (nSPS) is 17.1. The number of piperidine rings is 1. The predicted molar refractivity (Wildman–Crippen MR) is 103 cm³/mol. The molecular formula is C18H27Cl2N3O2. The van der Waals surface area contributed by atoms with Gasteiger partial charge in [-0.15, -0.1) is 12.4 Å². The molecule has 0 bridgehead atoms.